The lowest BCUT2D eigenvalue weighted by Gasteiger charge is -2.39. The van der Waals surface area contributed by atoms with Crippen molar-refractivity contribution in [2.24, 2.45) is 12.0 Å². The largest absolute Gasteiger partial charge is 0.365 e. The van der Waals surface area contributed by atoms with Crippen molar-refractivity contribution in [1.82, 2.24) is 29.9 Å². The first kappa shape index (κ1) is 27.5. The fourth-order valence-corrected chi connectivity index (χ4v) is 7.11. The molecule has 3 aliphatic heterocycles. The summed E-state index contributed by atoms with van der Waals surface area (Å²) in [6.07, 6.45) is 7.82. The van der Waals surface area contributed by atoms with Crippen molar-refractivity contribution in [3.05, 3.63) is 66.1 Å². The predicted octanol–water partition coefficient (Wildman–Crippen LogP) is 3.26. The Balaban J connectivity index is 1.25. The molecule has 2 N–H and O–H groups in total. The van der Waals surface area contributed by atoms with Crippen LogP contribution in [0.5, 0.6) is 0 Å². The van der Waals surface area contributed by atoms with Crippen LogP contribution in [0.1, 0.15) is 42.9 Å². The van der Waals surface area contributed by atoms with Crippen LogP contribution in [0, 0.1) is 6.92 Å². The molecular weight excluding hydrogens is 542 g/mol. The number of amidine groups is 1. The van der Waals surface area contributed by atoms with Crippen molar-refractivity contribution < 1.29 is 14.1 Å². The molecule has 43 heavy (non-hydrogen) atoms. The minimum atomic E-state index is 0.0165. The van der Waals surface area contributed by atoms with Crippen molar-refractivity contribution in [2.45, 2.75) is 50.6 Å². The molecule has 7 rings (SSSR count). The summed E-state index contributed by atoms with van der Waals surface area (Å²) < 4.78 is 9.44. The van der Waals surface area contributed by atoms with E-state index in [0.29, 0.717) is 19.2 Å². The van der Waals surface area contributed by atoms with Crippen molar-refractivity contribution in [3.8, 4) is 22.4 Å². The quantitative estimate of drug-likeness (QED) is 0.256. The molecule has 2 atom stereocenters. The monoisotopic (exact) mass is 580 g/mol. The van der Waals surface area contributed by atoms with E-state index >= 15 is 0 Å². The molecule has 0 radical (unpaired) electrons. The normalized spacial score (nSPS) is 21.7. The van der Waals surface area contributed by atoms with Crippen LogP contribution < -0.4 is 15.3 Å². The Morgan fingerprint density at radius 2 is 1.88 bits per heavy atom. The molecule has 2 bridgehead atoms. The van der Waals surface area contributed by atoms with Crippen molar-refractivity contribution in [3.63, 3.8) is 0 Å². The number of aliphatic imine (C=N–C) groups is 1. The SMILES string of the molecule is COCNc1c(C)c(C2CC3CCC(C2)N3C(=O)C2=NCN(C)N2)nc2c(-c3ccc(-c4ccccc4)[n+](C)c3)cnn12. The van der Waals surface area contributed by atoms with Gasteiger partial charge in [0.15, 0.2) is 11.8 Å². The van der Waals surface area contributed by atoms with E-state index in [-0.39, 0.29) is 23.9 Å². The number of ether oxygens (including phenoxy) is 1. The molecule has 0 spiro atoms. The first-order chi connectivity index (χ1) is 20.9. The van der Waals surface area contributed by atoms with Gasteiger partial charge in [-0.05, 0) is 50.8 Å². The highest BCUT2D eigenvalue weighted by atomic mass is 16.5. The maximum atomic E-state index is 13.4. The number of hydrazine groups is 1. The highest BCUT2D eigenvalue weighted by Gasteiger charge is 2.46. The number of aromatic nitrogens is 4. The van der Waals surface area contributed by atoms with E-state index in [1.807, 2.05) is 28.8 Å². The van der Waals surface area contributed by atoms with E-state index in [4.69, 9.17) is 14.8 Å². The van der Waals surface area contributed by atoms with Crippen LogP contribution in [0.4, 0.5) is 5.82 Å². The van der Waals surface area contributed by atoms with Crippen LogP contribution in [-0.4, -0.2) is 75.9 Å². The molecule has 4 aromatic rings. The molecule has 0 saturated carbocycles. The fraction of sp³-hybridized carbons (Fsp3) is 0.406. The third-order valence-corrected chi connectivity index (χ3v) is 9.11. The lowest BCUT2D eigenvalue weighted by molar-refractivity contribution is -0.659. The van der Waals surface area contributed by atoms with E-state index in [2.05, 4.69) is 81.8 Å². The van der Waals surface area contributed by atoms with Gasteiger partial charge < -0.3 is 15.0 Å². The number of piperidine rings is 1. The number of nitrogens with zero attached hydrogens (tertiary/aromatic N) is 7. The summed E-state index contributed by atoms with van der Waals surface area (Å²) in [7, 11) is 5.64. The smallest absolute Gasteiger partial charge is 0.290 e. The van der Waals surface area contributed by atoms with Crippen LogP contribution in [0.3, 0.4) is 0 Å². The lowest BCUT2D eigenvalue weighted by atomic mass is 9.86. The van der Waals surface area contributed by atoms with Gasteiger partial charge in [-0.15, -0.1) is 0 Å². The molecule has 2 saturated heterocycles. The maximum absolute atomic E-state index is 13.4. The van der Waals surface area contributed by atoms with Crippen LogP contribution >= 0.6 is 0 Å². The number of pyridine rings is 1. The molecule has 222 valence electrons. The van der Waals surface area contributed by atoms with E-state index in [9.17, 15) is 4.79 Å². The first-order valence-corrected chi connectivity index (χ1v) is 14.9. The number of rotatable bonds is 7. The lowest BCUT2D eigenvalue weighted by Crippen LogP contribution is -2.52. The number of carbonyl (C=O) groups excluding carboxylic acids is 1. The Morgan fingerprint density at radius 1 is 1.12 bits per heavy atom. The van der Waals surface area contributed by atoms with Crippen LogP contribution in [0.2, 0.25) is 0 Å². The van der Waals surface area contributed by atoms with E-state index in [1.54, 1.807) is 7.11 Å². The highest BCUT2D eigenvalue weighted by Crippen LogP contribution is 2.44. The number of benzene rings is 1. The third-order valence-electron chi connectivity index (χ3n) is 9.11. The van der Waals surface area contributed by atoms with Gasteiger partial charge in [0.1, 0.15) is 26.3 Å². The van der Waals surface area contributed by atoms with Gasteiger partial charge in [-0.3, -0.25) is 10.2 Å². The van der Waals surface area contributed by atoms with E-state index in [1.165, 1.54) is 5.56 Å². The molecule has 3 aromatic heterocycles. The Hall–Kier alpha value is -4.35. The Bertz CT molecular complexity index is 1700. The van der Waals surface area contributed by atoms with Crippen molar-refractivity contribution >= 4 is 23.2 Å². The maximum Gasteiger partial charge on any atom is 0.290 e. The molecule has 2 unspecified atom stereocenters. The number of aryl methyl sites for hydroxylation is 1. The highest BCUT2D eigenvalue weighted by molar-refractivity contribution is 6.38. The summed E-state index contributed by atoms with van der Waals surface area (Å²) in [4.78, 5) is 25.3. The molecule has 1 aromatic carbocycles. The molecule has 2 fully saturated rings. The zero-order chi connectivity index (χ0) is 29.7. The minimum absolute atomic E-state index is 0.0165. The molecule has 3 aliphatic rings. The third kappa shape index (κ3) is 4.82. The number of nitrogens with one attached hydrogen (secondary N) is 2. The van der Waals surface area contributed by atoms with Crippen molar-refractivity contribution in [2.75, 3.05) is 32.9 Å². The number of anilines is 1. The van der Waals surface area contributed by atoms with Crippen LogP contribution in [0.25, 0.3) is 28.0 Å². The number of methoxy groups -OCH3 is 1. The van der Waals surface area contributed by atoms with Gasteiger partial charge in [0.2, 0.25) is 11.5 Å². The first-order valence-electron chi connectivity index (χ1n) is 14.9. The second kappa shape index (κ2) is 11.1. The van der Waals surface area contributed by atoms with Gasteiger partial charge in [0, 0.05) is 49.4 Å². The number of hydrogen-bond donors (Lipinski definition) is 2. The summed E-state index contributed by atoms with van der Waals surface area (Å²) in [5, 5.41) is 10.1. The van der Waals surface area contributed by atoms with E-state index in [0.717, 1.165) is 65.2 Å². The summed E-state index contributed by atoms with van der Waals surface area (Å²) >= 11 is 0. The van der Waals surface area contributed by atoms with Gasteiger partial charge in [-0.25, -0.2) is 19.6 Å². The summed E-state index contributed by atoms with van der Waals surface area (Å²) in [5.41, 5.74) is 10.4. The number of hydrogen-bond acceptors (Lipinski definition) is 8. The van der Waals surface area contributed by atoms with E-state index < -0.39 is 0 Å². The molecule has 0 aliphatic carbocycles. The second-order valence-electron chi connectivity index (χ2n) is 11.9. The van der Waals surface area contributed by atoms with Crippen LogP contribution in [-0.2, 0) is 16.6 Å². The number of carbonyl (C=O) groups is 1. The summed E-state index contributed by atoms with van der Waals surface area (Å²) in [6, 6.07) is 15.0. The zero-order valence-electron chi connectivity index (χ0n) is 25.1. The number of fused-ring (bicyclic) bond motifs is 3. The van der Waals surface area contributed by atoms with Gasteiger partial charge in [-0.1, -0.05) is 18.2 Å². The van der Waals surface area contributed by atoms with Gasteiger partial charge in [0.05, 0.1) is 23.0 Å². The average molecular weight is 581 g/mol. The minimum Gasteiger partial charge on any atom is -0.365 e. The molecule has 1 amide bonds. The Kier molecular flexibility index (Phi) is 7.06. The Labute approximate surface area is 251 Å². The van der Waals surface area contributed by atoms with Crippen molar-refractivity contribution in [1.29, 1.82) is 0 Å². The average Bonchev–Trinajstić information content (AvgIpc) is 3.71. The molecular formula is C32H38N9O2+. The summed E-state index contributed by atoms with van der Waals surface area (Å²) in [5.74, 6) is 1.59. The topological polar surface area (TPSA) is 103 Å². The molecule has 6 heterocycles. The second-order valence-corrected chi connectivity index (χ2v) is 11.9. The van der Waals surface area contributed by atoms with Gasteiger partial charge >= 0.3 is 0 Å². The van der Waals surface area contributed by atoms with Gasteiger partial charge in [0.25, 0.3) is 5.91 Å². The summed E-state index contributed by atoms with van der Waals surface area (Å²) in [6.45, 7) is 2.97. The Morgan fingerprint density at radius 3 is 2.56 bits per heavy atom. The standard InChI is InChI=1S/C32H38N9O2/c1-20-28(23-14-24-11-12-25(15-23)40(24)32(42)29-33-18-39(3)37-29)36-31-26(16-35-41(31)30(20)34-19-43-4)22-10-13-27(38(2)17-22)21-8-6-5-7-9-21/h5-10,13,16-17,23-25,34H,11-12,14-15,18-19H2,1-4H3,(H,33,37)/q+1. The number of amides is 1. The van der Waals surface area contributed by atoms with Crippen LogP contribution in [0.15, 0.2) is 59.9 Å². The molecule has 11 heteroatoms. The zero-order valence-corrected chi connectivity index (χ0v) is 25.1. The fourth-order valence-electron chi connectivity index (χ4n) is 7.11. The van der Waals surface area contributed by atoms with Gasteiger partial charge in [-0.2, -0.15) is 9.61 Å². The molecule has 11 nitrogen and oxygen atoms in total. The predicted molar refractivity (Wildman–Crippen MR) is 164 cm³/mol.